The fourth-order valence-corrected chi connectivity index (χ4v) is 5.40. The van der Waals surface area contributed by atoms with E-state index in [0.29, 0.717) is 11.6 Å². The lowest BCUT2D eigenvalue weighted by atomic mass is 10.1. The molecule has 0 radical (unpaired) electrons. The first-order valence-electron chi connectivity index (χ1n) is 9.41. The van der Waals surface area contributed by atoms with Gasteiger partial charge in [0.1, 0.15) is 10.6 Å². The largest absolute Gasteiger partial charge is 0.507 e. The van der Waals surface area contributed by atoms with Crippen molar-refractivity contribution in [3.63, 3.8) is 0 Å². The van der Waals surface area contributed by atoms with Crippen LogP contribution in [0.4, 0.5) is 5.69 Å². The molecule has 4 N–H and O–H groups in total. The maximum Gasteiger partial charge on any atom is 0.295 e. The number of halogens is 1. The van der Waals surface area contributed by atoms with Crippen LogP contribution in [0.1, 0.15) is 22.3 Å². The zero-order chi connectivity index (χ0) is 26.1. The summed E-state index contributed by atoms with van der Waals surface area (Å²) in [4.78, 5) is 11.2. The number of phenolic OH excluding ortho intramolecular Hbond substituents is 1. The van der Waals surface area contributed by atoms with Crippen LogP contribution >= 0.6 is 11.6 Å². The number of aromatic hydroxyl groups is 1. The van der Waals surface area contributed by atoms with Crippen molar-refractivity contribution in [3.8, 4) is 5.75 Å². The third kappa shape index (κ3) is 5.80. The Labute approximate surface area is 206 Å². The second kappa shape index (κ2) is 9.93. The van der Waals surface area contributed by atoms with Gasteiger partial charge in [-0.15, -0.1) is 11.6 Å². The molecule has 0 aliphatic heterocycles. The van der Waals surface area contributed by atoms with Crippen molar-refractivity contribution < 1.29 is 44.3 Å². The number of hydrogen-bond donors (Lipinski definition) is 4. The van der Waals surface area contributed by atoms with Crippen LogP contribution in [-0.2, 0) is 30.5 Å². The molecule has 1 amide bonds. The van der Waals surface area contributed by atoms with Crippen LogP contribution in [0.3, 0.4) is 0 Å². The molecule has 0 aliphatic carbocycles. The predicted molar refractivity (Wildman–Crippen MR) is 128 cm³/mol. The van der Waals surface area contributed by atoms with E-state index in [1.807, 2.05) is 0 Å². The molecule has 11 nitrogen and oxygen atoms in total. The SMILES string of the molecule is O=C(Nc1ccc(S(=O)(=O)O)c2cc(S(=O)(=O)O)cc(O)c12)c1ccc(C(CCCl)=S(=O)=O)cc1. The highest BCUT2D eigenvalue weighted by atomic mass is 35.5. The van der Waals surface area contributed by atoms with Crippen LogP contribution in [-0.4, -0.2) is 56.1 Å². The maximum absolute atomic E-state index is 12.8. The Morgan fingerprint density at radius 1 is 0.914 bits per heavy atom. The van der Waals surface area contributed by atoms with E-state index in [0.717, 1.165) is 18.2 Å². The molecule has 0 saturated carbocycles. The van der Waals surface area contributed by atoms with Gasteiger partial charge in [0.15, 0.2) is 0 Å². The van der Waals surface area contributed by atoms with E-state index in [-0.39, 0.29) is 33.8 Å². The average Bonchev–Trinajstić information content (AvgIpc) is 2.75. The lowest BCUT2D eigenvalue weighted by molar-refractivity contribution is 0.102. The highest BCUT2D eigenvalue weighted by Crippen LogP contribution is 2.38. The van der Waals surface area contributed by atoms with Gasteiger partial charge in [-0.3, -0.25) is 13.9 Å². The standard InChI is InChI=1S/C20H16ClNO10S3/c21-8-7-17(33(25)26)11-1-3-12(4-2-11)20(24)22-15-5-6-18(35(30,31)32)14-9-13(34(27,28)29)10-16(23)19(14)15/h1-6,9-10,23H,7-8H2,(H,22,24)(H,27,28,29)(H,30,31,32). The lowest BCUT2D eigenvalue weighted by Gasteiger charge is -2.14. The summed E-state index contributed by atoms with van der Waals surface area (Å²) in [6.45, 7) is 0. The molecule has 0 atom stereocenters. The molecule has 0 fully saturated rings. The fraction of sp³-hybridized carbons (Fsp3) is 0.100. The van der Waals surface area contributed by atoms with Gasteiger partial charge in [-0.25, -0.2) is 0 Å². The summed E-state index contributed by atoms with van der Waals surface area (Å²) in [6.07, 6.45) is 0.0835. The number of benzene rings is 3. The van der Waals surface area contributed by atoms with Crippen LogP contribution in [0.25, 0.3) is 10.8 Å². The molecule has 3 rings (SSSR count). The third-order valence-corrected chi connectivity index (χ3v) is 7.62. The van der Waals surface area contributed by atoms with E-state index >= 15 is 0 Å². The molecule has 0 aliphatic rings. The number of phenols is 1. The minimum atomic E-state index is -4.89. The number of carbonyl (C=O) groups is 1. The number of nitrogens with one attached hydrogen (secondary N) is 1. The summed E-state index contributed by atoms with van der Waals surface area (Å²) in [5.41, 5.74) is 0.251. The summed E-state index contributed by atoms with van der Waals surface area (Å²) >= 11 is 5.62. The fourth-order valence-electron chi connectivity index (χ4n) is 3.30. The van der Waals surface area contributed by atoms with Gasteiger partial charge in [0.2, 0.25) is 10.3 Å². The smallest absolute Gasteiger partial charge is 0.295 e. The van der Waals surface area contributed by atoms with Gasteiger partial charge in [-0.1, -0.05) is 12.1 Å². The summed E-state index contributed by atoms with van der Waals surface area (Å²) in [5.74, 6) is -1.47. The van der Waals surface area contributed by atoms with Gasteiger partial charge in [0.05, 0.1) is 15.4 Å². The van der Waals surface area contributed by atoms with Gasteiger partial charge in [-0.05, 0) is 35.9 Å². The Morgan fingerprint density at radius 3 is 2.03 bits per heavy atom. The van der Waals surface area contributed by atoms with Crippen LogP contribution in [0.5, 0.6) is 5.75 Å². The van der Waals surface area contributed by atoms with Crippen molar-refractivity contribution in [2.24, 2.45) is 0 Å². The number of carbonyl (C=O) groups excluding carboxylic acids is 1. The summed E-state index contributed by atoms with van der Waals surface area (Å²) in [6, 6.07) is 8.75. The average molecular weight is 562 g/mol. The normalized spacial score (nSPS) is 11.9. The lowest BCUT2D eigenvalue weighted by Crippen LogP contribution is -2.13. The molecular formula is C20H16ClNO10S3. The molecule has 0 aromatic heterocycles. The van der Waals surface area contributed by atoms with Crippen LogP contribution in [0.2, 0.25) is 0 Å². The molecule has 0 saturated heterocycles. The first-order chi connectivity index (χ1) is 16.2. The monoisotopic (exact) mass is 561 g/mol. The third-order valence-electron chi connectivity index (χ3n) is 4.84. The van der Waals surface area contributed by atoms with Crippen LogP contribution in [0.15, 0.2) is 58.3 Å². The molecule has 3 aromatic carbocycles. The highest BCUT2D eigenvalue weighted by Gasteiger charge is 2.23. The first-order valence-corrected chi connectivity index (χ1v) is 13.9. The van der Waals surface area contributed by atoms with Crippen LogP contribution < -0.4 is 5.32 Å². The number of anilines is 1. The van der Waals surface area contributed by atoms with Gasteiger partial charge in [0.25, 0.3) is 26.1 Å². The van der Waals surface area contributed by atoms with E-state index in [9.17, 15) is 44.3 Å². The molecule has 3 aromatic rings. The number of rotatable bonds is 7. The number of alkyl halides is 1. The maximum atomic E-state index is 12.8. The Bertz CT molecular complexity index is 1690. The zero-order valence-electron chi connectivity index (χ0n) is 17.3. The van der Waals surface area contributed by atoms with E-state index in [4.69, 9.17) is 11.6 Å². The summed E-state index contributed by atoms with van der Waals surface area (Å²) in [5, 5.41) is 12.0. The van der Waals surface area contributed by atoms with Crippen molar-refractivity contribution in [2.45, 2.75) is 16.2 Å². The molecule has 15 heteroatoms. The van der Waals surface area contributed by atoms with E-state index in [1.54, 1.807) is 0 Å². The van der Waals surface area contributed by atoms with Crippen molar-refractivity contribution in [3.05, 3.63) is 59.7 Å². The summed E-state index contributed by atoms with van der Waals surface area (Å²) in [7, 11) is -12.3. The van der Waals surface area contributed by atoms with E-state index in [2.05, 4.69) is 5.32 Å². The molecular weight excluding hydrogens is 546 g/mol. The van der Waals surface area contributed by atoms with E-state index < -0.39 is 57.4 Å². The number of fused-ring (bicyclic) bond motifs is 1. The predicted octanol–water partition coefficient (Wildman–Crippen LogP) is 2.32. The molecule has 0 heterocycles. The highest BCUT2D eigenvalue weighted by molar-refractivity contribution is 7.86. The second-order valence-corrected chi connectivity index (χ2v) is 11.2. The molecule has 0 spiro atoms. The van der Waals surface area contributed by atoms with Gasteiger partial charge in [-0.2, -0.15) is 25.3 Å². The topological polar surface area (TPSA) is 192 Å². The summed E-state index contributed by atoms with van der Waals surface area (Å²) < 4.78 is 88.1. The minimum Gasteiger partial charge on any atom is -0.507 e. The molecule has 0 unspecified atom stereocenters. The van der Waals surface area contributed by atoms with Crippen molar-refractivity contribution in [1.82, 2.24) is 0 Å². The van der Waals surface area contributed by atoms with Crippen LogP contribution in [0, 0.1) is 0 Å². The Morgan fingerprint density at radius 2 is 1.51 bits per heavy atom. The molecule has 186 valence electrons. The minimum absolute atomic E-state index is 0.0540. The van der Waals surface area contributed by atoms with Crippen molar-refractivity contribution in [1.29, 1.82) is 0 Å². The Kier molecular flexibility index (Phi) is 7.54. The van der Waals surface area contributed by atoms with E-state index in [1.165, 1.54) is 24.3 Å². The molecule has 0 bridgehead atoms. The Balaban J connectivity index is 2.10. The molecule has 35 heavy (non-hydrogen) atoms. The first kappa shape index (κ1) is 26.6. The zero-order valence-corrected chi connectivity index (χ0v) is 20.5. The van der Waals surface area contributed by atoms with Gasteiger partial charge < -0.3 is 10.4 Å². The van der Waals surface area contributed by atoms with Crippen molar-refractivity contribution in [2.75, 3.05) is 11.2 Å². The quantitative estimate of drug-likeness (QED) is 0.144. The van der Waals surface area contributed by atoms with Gasteiger partial charge in [0, 0.05) is 34.7 Å². The number of hydrogen-bond acceptors (Lipinski definition) is 8. The second-order valence-electron chi connectivity index (χ2n) is 7.05. The number of amides is 1. The Hall–Kier alpha value is -3.01. The van der Waals surface area contributed by atoms with Crippen molar-refractivity contribution >= 4 is 69.4 Å². The van der Waals surface area contributed by atoms with Gasteiger partial charge >= 0.3 is 0 Å².